The van der Waals surface area contributed by atoms with Gasteiger partial charge in [0.25, 0.3) is 0 Å². The number of nitrogens with zero attached hydrogens (tertiary/aromatic N) is 2. The topological polar surface area (TPSA) is 59.1 Å². The number of hydrogen-bond acceptors (Lipinski definition) is 5. The Morgan fingerprint density at radius 1 is 1.03 bits per heavy atom. The van der Waals surface area contributed by atoms with Gasteiger partial charge in [-0.05, 0) is 54.8 Å². The Kier molecular flexibility index (Phi) is 10.3. The summed E-state index contributed by atoms with van der Waals surface area (Å²) in [5.41, 5.74) is 1.08. The van der Waals surface area contributed by atoms with E-state index in [1.807, 2.05) is 39.4 Å². The third-order valence-electron chi connectivity index (χ3n) is 6.26. The van der Waals surface area contributed by atoms with Gasteiger partial charge in [-0.15, -0.1) is 11.3 Å². The van der Waals surface area contributed by atoms with Crippen LogP contribution in [0.25, 0.3) is 0 Å². The van der Waals surface area contributed by atoms with Crippen molar-refractivity contribution in [1.82, 2.24) is 9.80 Å². The summed E-state index contributed by atoms with van der Waals surface area (Å²) in [5.74, 6) is 1.52. The van der Waals surface area contributed by atoms with Gasteiger partial charge in [0, 0.05) is 23.9 Å². The molecule has 0 atom stereocenters. The molecule has 1 aliphatic carbocycles. The van der Waals surface area contributed by atoms with Gasteiger partial charge in [-0.2, -0.15) is 0 Å². The van der Waals surface area contributed by atoms with Crippen LogP contribution < -0.4 is 9.47 Å². The van der Waals surface area contributed by atoms with E-state index in [1.54, 1.807) is 25.6 Å². The Labute approximate surface area is 207 Å². The van der Waals surface area contributed by atoms with E-state index in [4.69, 9.17) is 9.47 Å². The van der Waals surface area contributed by atoms with Crippen LogP contribution in [0.15, 0.2) is 35.7 Å². The molecule has 1 saturated carbocycles. The Morgan fingerprint density at radius 2 is 1.82 bits per heavy atom. The van der Waals surface area contributed by atoms with E-state index in [2.05, 4.69) is 13.0 Å². The van der Waals surface area contributed by atoms with Crippen molar-refractivity contribution in [2.45, 2.75) is 70.9 Å². The molecule has 186 valence electrons. The monoisotopic (exact) mass is 486 g/mol. The van der Waals surface area contributed by atoms with Gasteiger partial charge in [-0.1, -0.05) is 38.3 Å². The molecule has 0 aliphatic heterocycles. The lowest BCUT2D eigenvalue weighted by atomic mass is 10.1. The van der Waals surface area contributed by atoms with Crippen LogP contribution in [-0.4, -0.2) is 55.0 Å². The lowest BCUT2D eigenvalue weighted by Gasteiger charge is -2.28. The number of thiophene rings is 1. The highest BCUT2D eigenvalue weighted by molar-refractivity contribution is 7.09. The highest BCUT2D eigenvalue weighted by atomic mass is 32.1. The lowest BCUT2D eigenvalue weighted by molar-refractivity contribution is -0.141. The number of carbonyl (C=O) groups excluding carboxylic acids is 2. The molecule has 1 aromatic heterocycles. The number of rotatable bonds is 15. The van der Waals surface area contributed by atoms with Crippen LogP contribution in [0.5, 0.6) is 11.5 Å². The molecule has 0 bridgehead atoms. The third kappa shape index (κ3) is 7.76. The minimum atomic E-state index is 0.0164. The van der Waals surface area contributed by atoms with Crippen LogP contribution in [0, 0.1) is 0 Å². The molecule has 7 heteroatoms. The van der Waals surface area contributed by atoms with E-state index >= 15 is 0 Å². The van der Waals surface area contributed by atoms with E-state index < -0.39 is 0 Å². The maximum Gasteiger partial charge on any atom is 0.242 e. The molecule has 3 rings (SSSR count). The second-order valence-electron chi connectivity index (χ2n) is 8.90. The van der Waals surface area contributed by atoms with Crippen LogP contribution in [-0.2, 0) is 22.6 Å². The van der Waals surface area contributed by atoms with Gasteiger partial charge in [0.2, 0.25) is 11.8 Å². The summed E-state index contributed by atoms with van der Waals surface area (Å²) in [4.78, 5) is 31.2. The Bertz CT molecular complexity index is 911. The first-order valence-corrected chi connectivity index (χ1v) is 13.2. The van der Waals surface area contributed by atoms with Crippen molar-refractivity contribution in [1.29, 1.82) is 0 Å². The molecular weight excluding hydrogens is 448 g/mol. The van der Waals surface area contributed by atoms with Crippen LogP contribution in [0.4, 0.5) is 0 Å². The predicted octanol–water partition coefficient (Wildman–Crippen LogP) is 5.30. The molecule has 0 saturated heterocycles. The summed E-state index contributed by atoms with van der Waals surface area (Å²) in [6.07, 6.45) is 7.53. The second kappa shape index (κ2) is 13.4. The van der Waals surface area contributed by atoms with Crippen molar-refractivity contribution < 1.29 is 19.1 Å². The second-order valence-corrected chi connectivity index (χ2v) is 9.93. The smallest absolute Gasteiger partial charge is 0.242 e. The Morgan fingerprint density at radius 3 is 2.47 bits per heavy atom. The molecule has 1 aliphatic rings. The molecule has 6 nitrogen and oxygen atoms in total. The number of amides is 2. The minimum absolute atomic E-state index is 0.0164. The predicted molar refractivity (Wildman–Crippen MR) is 136 cm³/mol. The van der Waals surface area contributed by atoms with E-state index in [1.165, 1.54) is 0 Å². The summed E-state index contributed by atoms with van der Waals surface area (Å²) >= 11 is 1.65. The van der Waals surface area contributed by atoms with Gasteiger partial charge in [0.05, 0.1) is 20.8 Å². The Balaban J connectivity index is 1.65. The number of carbonyl (C=O) groups is 2. The van der Waals surface area contributed by atoms with Gasteiger partial charge in [-0.25, -0.2) is 0 Å². The average molecular weight is 487 g/mol. The highest BCUT2D eigenvalue weighted by Crippen LogP contribution is 2.29. The number of hydrogen-bond donors (Lipinski definition) is 0. The summed E-state index contributed by atoms with van der Waals surface area (Å²) in [6.45, 7) is 3.48. The van der Waals surface area contributed by atoms with Gasteiger partial charge < -0.3 is 19.3 Å². The average Bonchev–Trinajstić information content (AvgIpc) is 3.57. The van der Waals surface area contributed by atoms with Gasteiger partial charge in [0.1, 0.15) is 6.54 Å². The molecule has 2 aromatic rings. The van der Waals surface area contributed by atoms with Crippen molar-refractivity contribution in [3.05, 3.63) is 46.2 Å². The zero-order chi connectivity index (χ0) is 24.3. The Hall–Kier alpha value is -2.54. The summed E-state index contributed by atoms with van der Waals surface area (Å²) in [7, 11) is 3.25. The molecular formula is C27H38N2O4S. The molecule has 2 amide bonds. The molecule has 0 N–H and O–H groups in total. The first-order chi connectivity index (χ1) is 16.5. The first kappa shape index (κ1) is 26.1. The molecule has 1 heterocycles. The van der Waals surface area contributed by atoms with Crippen molar-refractivity contribution in [3.63, 3.8) is 0 Å². The largest absolute Gasteiger partial charge is 0.493 e. The zero-order valence-electron chi connectivity index (χ0n) is 20.8. The van der Waals surface area contributed by atoms with Crippen LogP contribution in [0.1, 0.15) is 62.3 Å². The first-order valence-electron chi connectivity index (χ1n) is 12.4. The summed E-state index contributed by atoms with van der Waals surface area (Å²) in [5, 5.41) is 2.03. The standard InChI is InChI=1S/C27H38N2O4S/c1-4-5-6-7-10-26(30)29(22-12-13-22)20-27(31)28(19-23-9-8-17-34-23)16-15-21-11-14-24(32-2)25(18-21)33-3/h8-9,11,14,17-18,22H,4-7,10,12-13,15-16,19-20H2,1-3H3. The fourth-order valence-corrected chi connectivity index (χ4v) is 4.80. The molecule has 0 unspecified atom stereocenters. The van der Waals surface area contributed by atoms with Crippen LogP contribution in [0.3, 0.4) is 0 Å². The summed E-state index contributed by atoms with van der Waals surface area (Å²) in [6, 6.07) is 10.2. The maximum absolute atomic E-state index is 13.4. The molecule has 0 spiro atoms. The van der Waals surface area contributed by atoms with E-state index in [0.29, 0.717) is 37.4 Å². The van der Waals surface area contributed by atoms with Gasteiger partial charge in [-0.3, -0.25) is 9.59 Å². The number of unbranched alkanes of at least 4 members (excludes halogenated alkanes) is 3. The fourth-order valence-electron chi connectivity index (χ4n) is 4.08. The van der Waals surface area contributed by atoms with E-state index in [9.17, 15) is 9.59 Å². The van der Waals surface area contributed by atoms with Gasteiger partial charge >= 0.3 is 0 Å². The number of benzene rings is 1. The molecule has 34 heavy (non-hydrogen) atoms. The van der Waals surface area contributed by atoms with Crippen molar-refractivity contribution in [3.8, 4) is 11.5 Å². The molecule has 1 aromatic carbocycles. The summed E-state index contributed by atoms with van der Waals surface area (Å²) < 4.78 is 10.8. The van der Waals surface area contributed by atoms with Crippen LogP contribution >= 0.6 is 11.3 Å². The van der Waals surface area contributed by atoms with Crippen molar-refractivity contribution >= 4 is 23.2 Å². The molecule has 1 fully saturated rings. The van der Waals surface area contributed by atoms with E-state index in [-0.39, 0.29) is 24.4 Å². The lowest BCUT2D eigenvalue weighted by Crippen LogP contribution is -2.44. The normalized spacial score (nSPS) is 12.9. The van der Waals surface area contributed by atoms with Crippen molar-refractivity contribution in [2.24, 2.45) is 0 Å². The fraction of sp³-hybridized carbons (Fsp3) is 0.556. The SMILES string of the molecule is CCCCCCC(=O)N(CC(=O)N(CCc1ccc(OC)c(OC)c1)Cc1cccs1)C1CC1. The van der Waals surface area contributed by atoms with Crippen molar-refractivity contribution in [2.75, 3.05) is 27.3 Å². The van der Waals surface area contributed by atoms with Crippen LogP contribution in [0.2, 0.25) is 0 Å². The number of ether oxygens (including phenoxy) is 2. The van der Waals surface area contributed by atoms with Gasteiger partial charge in [0.15, 0.2) is 11.5 Å². The third-order valence-corrected chi connectivity index (χ3v) is 7.12. The number of methoxy groups -OCH3 is 2. The zero-order valence-corrected chi connectivity index (χ0v) is 21.6. The molecule has 0 radical (unpaired) electrons. The minimum Gasteiger partial charge on any atom is -0.493 e. The van der Waals surface area contributed by atoms with E-state index in [0.717, 1.165) is 49.0 Å². The quantitative estimate of drug-likeness (QED) is 0.321. The highest BCUT2D eigenvalue weighted by Gasteiger charge is 2.34. The maximum atomic E-state index is 13.4.